The summed E-state index contributed by atoms with van der Waals surface area (Å²) in [5.41, 5.74) is 3.94. The van der Waals surface area contributed by atoms with E-state index in [9.17, 15) is 0 Å². The van der Waals surface area contributed by atoms with Crippen molar-refractivity contribution < 1.29 is 0 Å². The number of aryl methyl sites for hydroxylation is 1. The van der Waals surface area contributed by atoms with Gasteiger partial charge in [-0.15, -0.1) is 0 Å². The highest BCUT2D eigenvalue weighted by atomic mass is 14.9. The van der Waals surface area contributed by atoms with Gasteiger partial charge in [-0.1, -0.05) is 35.9 Å². The van der Waals surface area contributed by atoms with Crippen LogP contribution in [0.4, 0.5) is 0 Å². The topological polar surface area (TPSA) is 48.7 Å². The first-order valence-electron chi connectivity index (χ1n) is 5.90. The average molecular weight is 237 g/mol. The Morgan fingerprint density at radius 3 is 2.89 bits per heavy atom. The van der Waals surface area contributed by atoms with Crippen molar-refractivity contribution in [2.24, 2.45) is 0 Å². The second kappa shape index (κ2) is 5.95. The molecule has 0 saturated heterocycles. The highest BCUT2D eigenvalue weighted by molar-refractivity contribution is 5.30. The fourth-order valence-corrected chi connectivity index (χ4v) is 1.85. The van der Waals surface area contributed by atoms with Crippen LogP contribution in [-0.4, -0.2) is 4.98 Å². The van der Waals surface area contributed by atoms with Gasteiger partial charge in [0.25, 0.3) is 0 Å². The molecule has 0 radical (unpaired) electrons. The molecule has 0 bridgehead atoms. The molecular formula is C15H15N3. The minimum atomic E-state index is 0.495. The van der Waals surface area contributed by atoms with Crippen LogP contribution in [0, 0.1) is 18.3 Å². The van der Waals surface area contributed by atoms with Crippen LogP contribution in [0.25, 0.3) is 0 Å². The third-order valence-corrected chi connectivity index (χ3v) is 2.72. The number of benzene rings is 1. The third-order valence-electron chi connectivity index (χ3n) is 2.72. The maximum absolute atomic E-state index is 8.93. The van der Waals surface area contributed by atoms with Gasteiger partial charge in [-0.05, 0) is 18.6 Å². The molecule has 0 unspecified atom stereocenters. The first-order valence-corrected chi connectivity index (χ1v) is 5.90. The van der Waals surface area contributed by atoms with E-state index in [1.165, 1.54) is 11.1 Å². The minimum Gasteiger partial charge on any atom is -0.309 e. The lowest BCUT2D eigenvalue weighted by Gasteiger charge is -2.06. The van der Waals surface area contributed by atoms with E-state index in [4.69, 9.17) is 5.26 Å². The molecule has 2 aromatic rings. The summed E-state index contributed by atoms with van der Waals surface area (Å²) < 4.78 is 0. The van der Waals surface area contributed by atoms with Crippen molar-refractivity contribution in [1.29, 1.82) is 5.26 Å². The van der Waals surface area contributed by atoms with Gasteiger partial charge in [0.2, 0.25) is 0 Å². The summed E-state index contributed by atoms with van der Waals surface area (Å²) in [5, 5.41) is 12.3. The SMILES string of the molecule is Cc1cccc(CNCc2cccnc2C#N)c1. The van der Waals surface area contributed by atoms with Crippen LogP contribution in [0.2, 0.25) is 0 Å². The number of rotatable bonds is 4. The predicted octanol–water partition coefficient (Wildman–Crippen LogP) is 2.55. The Hall–Kier alpha value is -2.18. The molecule has 3 heteroatoms. The molecule has 2 rings (SSSR count). The predicted molar refractivity (Wildman–Crippen MR) is 70.7 cm³/mol. The Morgan fingerprint density at radius 1 is 1.22 bits per heavy atom. The van der Waals surface area contributed by atoms with Gasteiger partial charge in [0, 0.05) is 24.8 Å². The number of hydrogen-bond donors (Lipinski definition) is 1. The second-order valence-corrected chi connectivity index (χ2v) is 4.22. The van der Waals surface area contributed by atoms with E-state index >= 15 is 0 Å². The van der Waals surface area contributed by atoms with Crippen molar-refractivity contribution in [3.63, 3.8) is 0 Å². The number of pyridine rings is 1. The monoisotopic (exact) mass is 237 g/mol. The Kier molecular flexibility index (Phi) is 4.06. The molecule has 0 aliphatic heterocycles. The maximum atomic E-state index is 8.93. The molecule has 1 N–H and O–H groups in total. The Morgan fingerprint density at radius 2 is 2.11 bits per heavy atom. The van der Waals surface area contributed by atoms with Gasteiger partial charge in [-0.25, -0.2) is 4.98 Å². The molecular weight excluding hydrogens is 222 g/mol. The normalized spacial score (nSPS) is 10.0. The number of nitriles is 1. The van der Waals surface area contributed by atoms with Crippen LogP contribution in [0.1, 0.15) is 22.4 Å². The summed E-state index contributed by atoms with van der Waals surface area (Å²) in [6.45, 7) is 3.53. The van der Waals surface area contributed by atoms with Crippen LogP contribution in [-0.2, 0) is 13.1 Å². The first kappa shape index (κ1) is 12.3. The maximum Gasteiger partial charge on any atom is 0.144 e. The lowest BCUT2D eigenvalue weighted by Crippen LogP contribution is -2.14. The zero-order valence-electron chi connectivity index (χ0n) is 10.4. The molecule has 1 aromatic carbocycles. The lowest BCUT2D eigenvalue weighted by atomic mass is 10.1. The van der Waals surface area contributed by atoms with Gasteiger partial charge < -0.3 is 5.32 Å². The van der Waals surface area contributed by atoms with Crippen LogP contribution in [0.3, 0.4) is 0 Å². The molecule has 1 heterocycles. The fraction of sp³-hybridized carbons (Fsp3) is 0.200. The van der Waals surface area contributed by atoms with E-state index in [0.29, 0.717) is 12.2 Å². The molecule has 18 heavy (non-hydrogen) atoms. The van der Waals surface area contributed by atoms with E-state index in [0.717, 1.165) is 12.1 Å². The number of nitrogens with zero attached hydrogens (tertiary/aromatic N) is 2. The molecule has 1 aromatic heterocycles. The van der Waals surface area contributed by atoms with Gasteiger partial charge >= 0.3 is 0 Å². The van der Waals surface area contributed by atoms with Crippen LogP contribution in [0.5, 0.6) is 0 Å². The lowest BCUT2D eigenvalue weighted by molar-refractivity contribution is 0.689. The molecule has 90 valence electrons. The molecule has 0 saturated carbocycles. The van der Waals surface area contributed by atoms with Crippen molar-refractivity contribution in [2.75, 3.05) is 0 Å². The molecule has 0 amide bonds. The van der Waals surface area contributed by atoms with Crippen molar-refractivity contribution >= 4 is 0 Å². The standard InChI is InChI=1S/C15H15N3/c1-12-4-2-5-13(8-12)10-17-11-14-6-3-7-18-15(14)9-16/h2-8,17H,10-11H2,1H3. The molecule has 0 atom stereocenters. The summed E-state index contributed by atoms with van der Waals surface area (Å²) in [7, 11) is 0. The number of nitrogens with one attached hydrogen (secondary N) is 1. The highest BCUT2D eigenvalue weighted by Crippen LogP contribution is 2.06. The Balaban J connectivity index is 1.95. The van der Waals surface area contributed by atoms with Crippen molar-refractivity contribution in [1.82, 2.24) is 10.3 Å². The van der Waals surface area contributed by atoms with Gasteiger partial charge in [0.05, 0.1) is 0 Å². The third kappa shape index (κ3) is 3.16. The zero-order valence-corrected chi connectivity index (χ0v) is 10.4. The zero-order chi connectivity index (χ0) is 12.8. The van der Waals surface area contributed by atoms with Gasteiger partial charge in [-0.2, -0.15) is 5.26 Å². The van der Waals surface area contributed by atoms with Crippen molar-refractivity contribution in [2.45, 2.75) is 20.0 Å². The van der Waals surface area contributed by atoms with E-state index in [1.54, 1.807) is 6.20 Å². The second-order valence-electron chi connectivity index (χ2n) is 4.22. The van der Waals surface area contributed by atoms with E-state index in [-0.39, 0.29) is 0 Å². The Bertz CT molecular complexity index is 570. The van der Waals surface area contributed by atoms with Crippen LogP contribution >= 0.6 is 0 Å². The molecule has 0 aliphatic rings. The Labute approximate surface area is 107 Å². The first-order chi connectivity index (χ1) is 8.79. The van der Waals surface area contributed by atoms with Gasteiger partial charge in [-0.3, -0.25) is 0 Å². The smallest absolute Gasteiger partial charge is 0.144 e. The van der Waals surface area contributed by atoms with E-state index < -0.39 is 0 Å². The van der Waals surface area contributed by atoms with Gasteiger partial charge in [0.15, 0.2) is 0 Å². The molecule has 0 fully saturated rings. The molecule has 0 spiro atoms. The minimum absolute atomic E-state index is 0.495. The van der Waals surface area contributed by atoms with Gasteiger partial charge in [0.1, 0.15) is 11.8 Å². The molecule has 3 nitrogen and oxygen atoms in total. The summed E-state index contributed by atoms with van der Waals surface area (Å²) >= 11 is 0. The average Bonchev–Trinajstić information content (AvgIpc) is 2.39. The summed E-state index contributed by atoms with van der Waals surface area (Å²) in [5.74, 6) is 0. The quantitative estimate of drug-likeness (QED) is 0.889. The van der Waals surface area contributed by atoms with Crippen LogP contribution in [0.15, 0.2) is 42.6 Å². The van der Waals surface area contributed by atoms with Crippen LogP contribution < -0.4 is 5.32 Å². The largest absolute Gasteiger partial charge is 0.309 e. The summed E-state index contributed by atoms with van der Waals surface area (Å²) in [4.78, 5) is 4.04. The highest BCUT2D eigenvalue weighted by Gasteiger charge is 2.01. The van der Waals surface area contributed by atoms with Crippen molar-refractivity contribution in [3.8, 4) is 6.07 Å². The molecule has 0 aliphatic carbocycles. The van der Waals surface area contributed by atoms with Crippen molar-refractivity contribution in [3.05, 3.63) is 65.0 Å². The van der Waals surface area contributed by atoms with E-state index in [1.807, 2.05) is 12.1 Å². The summed E-state index contributed by atoms with van der Waals surface area (Å²) in [6, 6.07) is 14.3. The number of aromatic nitrogens is 1. The van der Waals surface area contributed by atoms with E-state index in [2.05, 4.69) is 47.6 Å². The fourth-order valence-electron chi connectivity index (χ4n) is 1.85. The number of hydrogen-bond acceptors (Lipinski definition) is 3. The summed E-state index contributed by atoms with van der Waals surface area (Å²) in [6.07, 6.45) is 1.64.